The highest BCUT2D eigenvalue weighted by atomic mass is 16.3. The van der Waals surface area contributed by atoms with Crippen LogP contribution < -0.4 is 4.90 Å². The smallest absolute Gasteiger partial charge is 0.143 e. The Bertz CT molecular complexity index is 3560. The van der Waals surface area contributed by atoms with Crippen molar-refractivity contribution in [1.82, 2.24) is 0 Å². The maximum Gasteiger partial charge on any atom is 0.143 e. The Morgan fingerprint density at radius 2 is 0.898 bits per heavy atom. The third-order valence-corrected chi connectivity index (χ3v) is 11.9. The van der Waals surface area contributed by atoms with Gasteiger partial charge in [-0.3, -0.25) is 0 Å². The van der Waals surface area contributed by atoms with Crippen LogP contribution >= 0.6 is 0 Å². The monoisotopic (exact) mass is 753 g/mol. The molecule has 0 saturated heterocycles. The number of nitrogens with zero attached hydrogens (tertiary/aromatic N) is 1. The lowest BCUT2D eigenvalue weighted by atomic mass is 9.93. The van der Waals surface area contributed by atoms with Gasteiger partial charge >= 0.3 is 0 Å². The highest BCUT2D eigenvalue weighted by molar-refractivity contribution is 6.23. The molecule has 0 aliphatic rings. The number of para-hydroxylation sites is 3. The van der Waals surface area contributed by atoms with Crippen LogP contribution in [-0.2, 0) is 0 Å². The molecule has 0 amide bonds. The zero-order chi connectivity index (χ0) is 38.9. The van der Waals surface area contributed by atoms with E-state index in [-0.39, 0.29) is 0 Å². The van der Waals surface area contributed by atoms with Gasteiger partial charge in [0.05, 0.1) is 16.8 Å². The summed E-state index contributed by atoms with van der Waals surface area (Å²) in [6.45, 7) is 0. The number of hydrogen-bond acceptors (Lipinski definition) is 3. The molecule has 0 saturated carbocycles. The summed E-state index contributed by atoms with van der Waals surface area (Å²) in [5, 5.41) is 9.09. The van der Waals surface area contributed by atoms with E-state index in [0.29, 0.717) is 0 Å². The second-order valence-electron chi connectivity index (χ2n) is 15.2. The third-order valence-electron chi connectivity index (χ3n) is 11.9. The van der Waals surface area contributed by atoms with Gasteiger partial charge in [-0.25, -0.2) is 0 Å². The zero-order valence-corrected chi connectivity index (χ0v) is 32.0. The van der Waals surface area contributed by atoms with E-state index >= 15 is 0 Å². The summed E-state index contributed by atoms with van der Waals surface area (Å²) in [6.07, 6.45) is 0. The minimum absolute atomic E-state index is 0.841. The van der Waals surface area contributed by atoms with Crippen molar-refractivity contribution in [3.05, 3.63) is 212 Å². The van der Waals surface area contributed by atoms with Crippen LogP contribution in [0.15, 0.2) is 221 Å². The Labute approximate surface area is 340 Å². The van der Waals surface area contributed by atoms with E-state index in [1.54, 1.807) is 0 Å². The van der Waals surface area contributed by atoms with Gasteiger partial charge in [0, 0.05) is 38.4 Å². The Morgan fingerprint density at radius 3 is 1.78 bits per heavy atom. The van der Waals surface area contributed by atoms with E-state index in [0.717, 1.165) is 94.0 Å². The van der Waals surface area contributed by atoms with Gasteiger partial charge in [-0.15, -0.1) is 0 Å². The zero-order valence-electron chi connectivity index (χ0n) is 32.0. The van der Waals surface area contributed by atoms with Crippen LogP contribution in [0, 0.1) is 0 Å². The van der Waals surface area contributed by atoms with Crippen LogP contribution in [0.5, 0.6) is 0 Å². The first-order valence-corrected chi connectivity index (χ1v) is 20.1. The Kier molecular flexibility index (Phi) is 7.54. The summed E-state index contributed by atoms with van der Waals surface area (Å²) >= 11 is 0. The van der Waals surface area contributed by atoms with Crippen molar-refractivity contribution in [3.63, 3.8) is 0 Å². The van der Waals surface area contributed by atoms with E-state index < -0.39 is 0 Å². The maximum atomic E-state index is 6.91. The molecule has 10 aromatic carbocycles. The second kappa shape index (κ2) is 13.4. The number of hydrogen-bond donors (Lipinski definition) is 0. The van der Waals surface area contributed by atoms with Crippen LogP contribution in [0.4, 0.5) is 17.1 Å². The second-order valence-corrected chi connectivity index (χ2v) is 15.2. The van der Waals surface area contributed by atoms with Crippen LogP contribution in [-0.4, -0.2) is 0 Å². The molecule has 0 atom stereocenters. The molecule has 0 radical (unpaired) electrons. The standard InChI is InChI=1S/C56H35NO2/c1-2-15-37(16-3-1)42-18-8-10-24-50(42)57(41-32-30-38(31-33-41)43-22-12-23-47-45-20-9-11-26-52(45)58-55(43)47)51-25-13-27-53-54(51)49-35-48(44-19-6-7-21-46(44)56(49)59-53)40-29-28-36-14-4-5-17-39(36)34-40/h1-35H. The Hall–Kier alpha value is -7.88. The van der Waals surface area contributed by atoms with Crippen LogP contribution in [0.25, 0.3) is 98.8 Å². The first-order chi connectivity index (χ1) is 29.3. The number of furan rings is 2. The van der Waals surface area contributed by atoms with Gasteiger partial charge in [-0.2, -0.15) is 0 Å². The average molecular weight is 754 g/mol. The van der Waals surface area contributed by atoms with Crippen molar-refractivity contribution in [2.75, 3.05) is 4.90 Å². The van der Waals surface area contributed by atoms with Gasteiger partial charge in [0.1, 0.15) is 22.3 Å². The predicted octanol–water partition coefficient (Wildman–Crippen LogP) is 16.3. The number of anilines is 3. The van der Waals surface area contributed by atoms with Gasteiger partial charge in [0.2, 0.25) is 0 Å². The van der Waals surface area contributed by atoms with Gasteiger partial charge in [0.25, 0.3) is 0 Å². The number of fused-ring (bicyclic) bond motifs is 9. The first kappa shape index (κ1) is 33.3. The molecule has 59 heavy (non-hydrogen) atoms. The normalized spacial score (nSPS) is 11.7. The summed E-state index contributed by atoms with van der Waals surface area (Å²) in [7, 11) is 0. The molecule has 0 aliphatic heterocycles. The minimum Gasteiger partial charge on any atom is -0.455 e. The third kappa shape index (κ3) is 5.36. The molecule has 2 heterocycles. The van der Waals surface area contributed by atoms with Gasteiger partial charge in [-0.05, 0) is 86.9 Å². The summed E-state index contributed by atoms with van der Waals surface area (Å²) in [6, 6.07) is 75.7. The molecule has 0 bridgehead atoms. The summed E-state index contributed by atoms with van der Waals surface area (Å²) < 4.78 is 13.4. The number of benzene rings is 10. The highest BCUT2D eigenvalue weighted by Crippen LogP contribution is 2.48. The molecular weight excluding hydrogens is 719 g/mol. The molecule has 0 unspecified atom stereocenters. The molecule has 12 rings (SSSR count). The van der Waals surface area contributed by atoms with Crippen molar-refractivity contribution >= 4 is 82.5 Å². The molecule has 276 valence electrons. The molecule has 3 heteroatoms. The molecule has 0 aliphatic carbocycles. The fourth-order valence-electron chi connectivity index (χ4n) is 9.11. The highest BCUT2D eigenvalue weighted by Gasteiger charge is 2.24. The van der Waals surface area contributed by atoms with Crippen LogP contribution in [0.2, 0.25) is 0 Å². The molecule has 3 nitrogen and oxygen atoms in total. The minimum atomic E-state index is 0.841. The SMILES string of the molecule is c1ccc(-c2ccccc2N(c2ccc(-c3cccc4c3oc3ccccc34)cc2)c2cccc3oc4c5ccccc5c(-c5ccc6ccccc6c5)cc4c23)cc1. The quantitative estimate of drug-likeness (QED) is 0.169. The lowest BCUT2D eigenvalue weighted by Gasteiger charge is -2.28. The van der Waals surface area contributed by atoms with Crippen molar-refractivity contribution in [3.8, 4) is 33.4 Å². The molecule has 0 spiro atoms. The van der Waals surface area contributed by atoms with E-state index in [9.17, 15) is 0 Å². The fraction of sp³-hybridized carbons (Fsp3) is 0. The van der Waals surface area contributed by atoms with Crippen molar-refractivity contribution in [2.24, 2.45) is 0 Å². The van der Waals surface area contributed by atoms with Crippen molar-refractivity contribution in [2.45, 2.75) is 0 Å². The molecule has 0 fully saturated rings. The van der Waals surface area contributed by atoms with Gasteiger partial charge in [-0.1, -0.05) is 164 Å². The molecule has 2 aromatic heterocycles. The largest absolute Gasteiger partial charge is 0.455 e. The number of rotatable bonds is 6. The fourth-order valence-corrected chi connectivity index (χ4v) is 9.11. The summed E-state index contributed by atoms with van der Waals surface area (Å²) in [4.78, 5) is 2.40. The molecular formula is C56H35NO2. The predicted molar refractivity (Wildman–Crippen MR) is 247 cm³/mol. The van der Waals surface area contributed by atoms with E-state index in [2.05, 4.69) is 205 Å². The van der Waals surface area contributed by atoms with Gasteiger partial charge < -0.3 is 13.7 Å². The van der Waals surface area contributed by atoms with E-state index in [1.807, 2.05) is 12.1 Å². The van der Waals surface area contributed by atoms with E-state index in [1.165, 1.54) is 21.9 Å². The Balaban J connectivity index is 1.10. The van der Waals surface area contributed by atoms with Crippen molar-refractivity contribution in [1.29, 1.82) is 0 Å². The first-order valence-electron chi connectivity index (χ1n) is 20.1. The topological polar surface area (TPSA) is 29.5 Å². The van der Waals surface area contributed by atoms with E-state index in [4.69, 9.17) is 8.83 Å². The Morgan fingerprint density at radius 1 is 0.305 bits per heavy atom. The maximum absolute atomic E-state index is 6.91. The van der Waals surface area contributed by atoms with Gasteiger partial charge in [0.15, 0.2) is 0 Å². The molecule has 0 N–H and O–H groups in total. The molecule has 12 aromatic rings. The summed E-state index contributed by atoms with van der Waals surface area (Å²) in [5.74, 6) is 0. The average Bonchev–Trinajstić information content (AvgIpc) is 3.89. The lowest BCUT2D eigenvalue weighted by Crippen LogP contribution is -2.11. The lowest BCUT2D eigenvalue weighted by molar-refractivity contribution is 0.670. The van der Waals surface area contributed by atoms with Crippen LogP contribution in [0.3, 0.4) is 0 Å². The van der Waals surface area contributed by atoms with Crippen molar-refractivity contribution < 1.29 is 8.83 Å². The summed E-state index contributed by atoms with van der Waals surface area (Å²) in [5.41, 5.74) is 13.5. The van der Waals surface area contributed by atoms with Crippen LogP contribution in [0.1, 0.15) is 0 Å².